The molecule has 9 heteroatoms. The first-order chi connectivity index (χ1) is 10.9. The van der Waals surface area contributed by atoms with Crippen molar-refractivity contribution in [3.63, 3.8) is 0 Å². The topological polar surface area (TPSA) is 133 Å². The molecule has 0 saturated heterocycles. The lowest BCUT2D eigenvalue weighted by Crippen LogP contribution is -2.42. The molecule has 1 heterocycles. The number of fused-ring (bicyclic) bond motifs is 1. The van der Waals surface area contributed by atoms with Gasteiger partial charge in [0.05, 0.1) is 17.2 Å². The molecule has 0 fully saturated rings. The lowest BCUT2D eigenvalue weighted by molar-refractivity contribution is -0.155. The van der Waals surface area contributed by atoms with Gasteiger partial charge in [0.25, 0.3) is 11.5 Å². The molecule has 0 aliphatic heterocycles. The number of carbonyl (C=O) groups excluding carboxylic acids is 3. The fourth-order valence-electron chi connectivity index (χ4n) is 1.87. The van der Waals surface area contributed by atoms with Crippen molar-refractivity contribution < 1.29 is 19.1 Å². The first-order valence-electron chi connectivity index (χ1n) is 6.62. The zero-order chi connectivity index (χ0) is 17.0. The van der Waals surface area contributed by atoms with E-state index in [1.807, 2.05) is 0 Å². The molecule has 0 unspecified atom stereocenters. The van der Waals surface area contributed by atoms with Crippen LogP contribution in [0.25, 0.3) is 10.9 Å². The van der Waals surface area contributed by atoms with Crippen LogP contribution in [-0.2, 0) is 20.9 Å². The number of nitrogens with one attached hydrogen (secondary N) is 1. The van der Waals surface area contributed by atoms with Gasteiger partial charge in [-0.2, -0.15) is 0 Å². The van der Waals surface area contributed by atoms with Gasteiger partial charge in [-0.1, -0.05) is 12.1 Å². The van der Waals surface area contributed by atoms with Crippen LogP contribution in [0.5, 0.6) is 0 Å². The van der Waals surface area contributed by atoms with Crippen LogP contribution in [0, 0.1) is 0 Å². The summed E-state index contributed by atoms with van der Waals surface area (Å²) in [5.74, 6) is -1.67. The molecule has 9 nitrogen and oxygen atoms in total. The Morgan fingerprint density at radius 1 is 1.35 bits per heavy atom. The summed E-state index contributed by atoms with van der Waals surface area (Å²) in [6, 6.07) is 5.65. The number of imide groups is 1. The van der Waals surface area contributed by atoms with Gasteiger partial charge in [-0.3, -0.25) is 24.3 Å². The van der Waals surface area contributed by atoms with Gasteiger partial charge in [0.15, 0.2) is 6.10 Å². The number of nitrogens with two attached hydrogens (primary N) is 1. The minimum absolute atomic E-state index is 0.363. The average Bonchev–Trinajstić information content (AvgIpc) is 2.49. The standard InChI is InChI=1S/C14H14N4O5/c1-8(12(20)17-14(15)22)23-11(19)6-18-7-16-10-5-3-2-4-9(10)13(18)21/h2-5,7-8H,6H2,1H3,(H3,15,17,20,22)/t8-/m1/s1. The summed E-state index contributed by atoms with van der Waals surface area (Å²) in [5, 5.41) is 2.15. The van der Waals surface area contributed by atoms with Crippen molar-refractivity contribution in [3.05, 3.63) is 40.9 Å². The van der Waals surface area contributed by atoms with Crippen molar-refractivity contribution in [3.8, 4) is 0 Å². The van der Waals surface area contributed by atoms with Gasteiger partial charge in [0.1, 0.15) is 6.54 Å². The SMILES string of the molecule is C[C@@H](OC(=O)Cn1cnc2ccccc2c1=O)C(=O)NC(N)=O. The molecular formula is C14H14N4O5. The van der Waals surface area contributed by atoms with Crippen molar-refractivity contribution in [1.82, 2.24) is 14.9 Å². The number of aromatic nitrogens is 2. The zero-order valence-electron chi connectivity index (χ0n) is 12.2. The zero-order valence-corrected chi connectivity index (χ0v) is 12.2. The maximum absolute atomic E-state index is 12.2. The van der Waals surface area contributed by atoms with Gasteiger partial charge < -0.3 is 10.5 Å². The molecule has 23 heavy (non-hydrogen) atoms. The maximum Gasteiger partial charge on any atom is 0.326 e. The van der Waals surface area contributed by atoms with E-state index < -0.39 is 36.1 Å². The summed E-state index contributed by atoms with van der Waals surface area (Å²) < 4.78 is 5.91. The number of hydrogen-bond donors (Lipinski definition) is 2. The fraction of sp³-hybridized carbons (Fsp3) is 0.214. The number of rotatable bonds is 4. The molecule has 120 valence electrons. The van der Waals surface area contributed by atoms with Crippen molar-refractivity contribution in [2.45, 2.75) is 19.6 Å². The Morgan fingerprint density at radius 3 is 2.74 bits per heavy atom. The molecular weight excluding hydrogens is 304 g/mol. The van der Waals surface area contributed by atoms with E-state index in [1.165, 1.54) is 13.3 Å². The molecule has 0 aliphatic carbocycles. The van der Waals surface area contributed by atoms with Crippen LogP contribution in [0.4, 0.5) is 4.79 Å². The van der Waals surface area contributed by atoms with Crippen molar-refractivity contribution in [1.29, 1.82) is 0 Å². The minimum Gasteiger partial charge on any atom is -0.451 e. The smallest absolute Gasteiger partial charge is 0.326 e. The summed E-state index contributed by atoms with van der Waals surface area (Å²) in [5.41, 5.74) is 4.90. The van der Waals surface area contributed by atoms with Gasteiger partial charge in [-0.15, -0.1) is 0 Å². The number of nitrogens with zero attached hydrogens (tertiary/aromatic N) is 2. The molecule has 3 amide bonds. The Kier molecular flexibility index (Phi) is 4.69. The first kappa shape index (κ1) is 16.1. The minimum atomic E-state index is -1.22. The molecule has 0 saturated carbocycles. The predicted octanol–water partition coefficient (Wildman–Crippen LogP) is -0.477. The number of urea groups is 1. The Labute approximate surface area is 130 Å². The summed E-state index contributed by atoms with van der Waals surface area (Å²) >= 11 is 0. The molecule has 0 spiro atoms. The highest BCUT2D eigenvalue weighted by Crippen LogP contribution is 2.04. The summed E-state index contributed by atoms with van der Waals surface area (Å²) in [6.45, 7) is 0.864. The number of primary amides is 1. The van der Waals surface area contributed by atoms with Gasteiger partial charge in [0.2, 0.25) is 0 Å². The van der Waals surface area contributed by atoms with Crippen LogP contribution >= 0.6 is 0 Å². The summed E-state index contributed by atoms with van der Waals surface area (Å²) in [4.78, 5) is 50.0. The number of benzene rings is 1. The third-order valence-corrected chi connectivity index (χ3v) is 2.95. The molecule has 1 aromatic heterocycles. The Bertz CT molecular complexity index is 829. The Balaban J connectivity index is 2.09. The number of carbonyl (C=O) groups is 3. The van der Waals surface area contributed by atoms with Crippen LogP contribution in [-0.4, -0.2) is 33.6 Å². The summed E-state index contributed by atoms with van der Waals surface area (Å²) in [7, 11) is 0. The van der Waals surface area contributed by atoms with Crippen LogP contribution in [0.15, 0.2) is 35.4 Å². The number of esters is 1. The maximum atomic E-state index is 12.2. The monoisotopic (exact) mass is 318 g/mol. The van der Waals surface area contributed by atoms with Gasteiger partial charge in [-0.05, 0) is 19.1 Å². The largest absolute Gasteiger partial charge is 0.451 e. The highest BCUT2D eigenvalue weighted by atomic mass is 16.5. The number of para-hydroxylation sites is 1. The van der Waals surface area contributed by atoms with E-state index in [-0.39, 0.29) is 0 Å². The van der Waals surface area contributed by atoms with Crippen LogP contribution in [0.1, 0.15) is 6.92 Å². The molecule has 3 N–H and O–H groups in total. The molecule has 0 bridgehead atoms. The van der Waals surface area contributed by atoms with E-state index in [2.05, 4.69) is 4.98 Å². The van der Waals surface area contributed by atoms with Crippen LogP contribution in [0.2, 0.25) is 0 Å². The van der Waals surface area contributed by atoms with Crippen LogP contribution < -0.4 is 16.6 Å². The molecule has 1 aromatic carbocycles. The van der Waals surface area contributed by atoms with E-state index in [0.717, 1.165) is 4.57 Å². The normalized spacial score (nSPS) is 11.7. The van der Waals surface area contributed by atoms with E-state index >= 15 is 0 Å². The molecule has 2 rings (SSSR count). The van der Waals surface area contributed by atoms with Gasteiger partial charge in [0, 0.05) is 0 Å². The van der Waals surface area contributed by atoms with E-state index in [4.69, 9.17) is 10.5 Å². The van der Waals surface area contributed by atoms with Gasteiger partial charge >= 0.3 is 12.0 Å². The molecule has 2 aromatic rings. The average molecular weight is 318 g/mol. The fourth-order valence-corrected chi connectivity index (χ4v) is 1.87. The number of hydrogen-bond acceptors (Lipinski definition) is 6. The molecule has 1 atom stereocenters. The first-order valence-corrected chi connectivity index (χ1v) is 6.62. The van der Waals surface area contributed by atoms with Gasteiger partial charge in [-0.25, -0.2) is 9.78 Å². The highest BCUT2D eigenvalue weighted by molar-refractivity contribution is 5.96. The number of amides is 3. The molecule has 0 aliphatic rings. The third kappa shape index (κ3) is 3.90. The van der Waals surface area contributed by atoms with E-state index in [0.29, 0.717) is 10.9 Å². The molecule has 0 radical (unpaired) electrons. The summed E-state index contributed by atoms with van der Waals surface area (Å²) in [6.07, 6.45) is -0.000744. The van der Waals surface area contributed by atoms with Crippen molar-refractivity contribution >= 4 is 28.8 Å². The van der Waals surface area contributed by atoms with Crippen LogP contribution in [0.3, 0.4) is 0 Å². The lowest BCUT2D eigenvalue weighted by Gasteiger charge is -2.12. The predicted molar refractivity (Wildman–Crippen MR) is 79.3 cm³/mol. The quantitative estimate of drug-likeness (QED) is 0.732. The lowest BCUT2D eigenvalue weighted by atomic mass is 10.2. The number of ether oxygens (including phenoxy) is 1. The highest BCUT2D eigenvalue weighted by Gasteiger charge is 2.19. The third-order valence-electron chi connectivity index (χ3n) is 2.95. The second-order valence-corrected chi connectivity index (χ2v) is 4.68. The second-order valence-electron chi connectivity index (χ2n) is 4.68. The Morgan fingerprint density at radius 2 is 2.04 bits per heavy atom. The van der Waals surface area contributed by atoms with E-state index in [1.54, 1.807) is 29.6 Å². The Hall–Kier alpha value is -3.23. The van der Waals surface area contributed by atoms with Crippen molar-refractivity contribution in [2.75, 3.05) is 0 Å². The van der Waals surface area contributed by atoms with Crippen molar-refractivity contribution in [2.24, 2.45) is 5.73 Å². The second kappa shape index (κ2) is 6.69. The van der Waals surface area contributed by atoms with E-state index in [9.17, 15) is 19.2 Å².